The van der Waals surface area contributed by atoms with Crippen LogP contribution < -0.4 is 10.6 Å². The van der Waals surface area contributed by atoms with E-state index in [9.17, 15) is 14.7 Å². The number of nitrogens with zero attached hydrogens (tertiary/aromatic N) is 3. The Morgan fingerprint density at radius 2 is 2.00 bits per heavy atom. The Balaban J connectivity index is 1.16. The highest BCUT2D eigenvalue weighted by atomic mass is 32.1. The number of aliphatic hydroxyl groups is 1. The molecule has 184 valence electrons. The standard InChI is InChI=1S/C25H35N5O3S/c1-17-5-4-6-18(11-17)24(32)27-13-22(31)28-19-14-30(15-19)20-7-9-25(33,10-8-20)21-12-26-23(34-21)16-29(2)3/h4-6,11-12,19-20,33H,7-10,13-16H2,1-3H3,(H,27,32)(H,28,31)/t20-,25-. The quantitative estimate of drug-likeness (QED) is 0.528. The second-order valence-corrected chi connectivity index (χ2v) is 11.0. The first kappa shape index (κ1) is 24.8. The lowest BCUT2D eigenvalue weighted by atomic mass is 9.80. The van der Waals surface area contributed by atoms with Crippen molar-refractivity contribution in [3.63, 3.8) is 0 Å². The van der Waals surface area contributed by atoms with Gasteiger partial charge in [-0.1, -0.05) is 17.7 Å². The number of thiazole rings is 1. The van der Waals surface area contributed by atoms with Crippen LogP contribution in [0.1, 0.15) is 51.5 Å². The topological polar surface area (TPSA) is 97.8 Å². The molecule has 0 bridgehead atoms. The zero-order chi connectivity index (χ0) is 24.3. The highest BCUT2D eigenvalue weighted by Crippen LogP contribution is 2.41. The minimum absolute atomic E-state index is 0.0234. The monoisotopic (exact) mass is 485 g/mol. The normalized spacial score (nSPS) is 23.5. The summed E-state index contributed by atoms with van der Waals surface area (Å²) in [5.74, 6) is -0.402. The maximum atomic E-state index is 12.3. The maximum Gasteiger partial charge on any atom is 0.251 e. The van der Waals surface area contributed by atoms with Gasteiger partial charge in [-0.15, -0.1) is 11.3 Å². The minimum atomic E-state index is -0.771. The van der Waals surface area contributed by atoms with Gasteiger partial charge < -0.3 is 20.6 Å². The second kappa shape index (κ2) is 10.5. The lowest BCUT2D eigenvalue weighted by Gasteiger charge is -2.48. The molecule has 2 fully saturated rings. The molecule has 0 radical (unpaired) electrons. The third-order valence-electron chi connectivity index (χ3n) is 6.73. The fourth-order valence-electron chi connectivity index (χ4n) is 4.79. The van der Waals surface area contributed by atoms with Crippen LogP contribution in [0.5, 0.6) is 0 Å². The number of carbonyl (C=O) groups is 2. The van der Waals surface area contributed by atoms with Gasteiger partial charge in [-0.3, -0.25) is 14.5 Å². The lowest BCUT2D eigenvalue weighted by Crippen LogP contribution is -2.63. The van der Waals surface area contributed by atoms with Gasteiger partial charge in [-0.25, -0.2) is 4.98 Å². The van der Waals surface area contributed by atoms with Gasteiger partial charge in [0.15, 0.2) is 0 Å². The van der Waals surface area contributed by atoms with Crippen molar-refractivity contribution in [2.45, 2.75) is 56.8 Å². The molecule has 1 aromatic carbocycles. The number of rotatable bonds is 8. The molecular weight excluding hydrogens is 450 g/mol. The van der Waals surface area contributed by atoms with Crippen molar-refractivity contribution >= 4 is 23.2 Å². The fraction of sp³-hybridized carbons (Fsp3) is 0.560. The summed E-state index contributed by atoms with van der Waals surface area (Å²) in [7, 11) is 4.04. The summed E-state index contributed by atoms with van der Waals surface area (Å²) in [6, 6.07) is 7.86. The Kier molecular flexibility index (Phi) is 7.67. The van der Waals surface area contributed by atoms with Crippen LogP contribution in [0.25, 0.3) is 0 Å². The van der Waals surface area contributed by atoms with Gasteiger partial charge in [0.1, 0.15) is 10.6 Å². The number of benzene rings is 1. The van der Waals surface area contributed by atoms with Crippen molar-refractivity contribution in [1.29, 1.82) is 0 Å². The fourth-order valence-corrected chi connectivity index (χ4v) is 5.97. The zero-order valence-corrected chi connectivity index (χ0v) is 21.0. The summed E-state index contributed by atoms with van der Waals surface area (Å²) >= 11 is 1.62. The third-order valence-corrected chi connectivity index (χ3v) is 7.90. The molecule has 2 aromatic rings. The van der Waals surface area contributed by atoms with Gasteiger partial charge in [-0.05, 0) is 58.8 Å². The van der Waals surface area contributed by atoms with E-state index in [1.807, 2.05) is 39.3 Å². The molecule has 4 rings (SSSR count). The molecule has 1 aliphatic carbocycles. The molecule has 1 aromatic heterocycles. The molecule has 8 nitrogen and oxygen atoms in total. The number of aryl methyl sites for hydroxylation is 1. The van der Waals surface area contributed by atoms with E-state index in [0.29, 0.717) is 11.6 Å². The van der Waals surface area contributed by atoms with Gasteiger partial charge in [0.2, 0.25) is 5.91 Å². The smallest absolute Gasteiger partial charge is 0.251 e. The molecule has 1 saturated carbocycles. The number of carbonyl (C=O) groups excluding carboxylic acids is 2. The van der Waals surface area contributed by atoms with Crippen LogP contribution in [0, 0.1) is 6.92 Å². The molecular formula is C25H35N5O3S. The first-order chi connectivity index (χ1) is 16.2. The summed E-state index contributed by atoms with van der Waals surface area (Å²) in [5.41, 5.74) is 0.799. The van der Waals surface area contributed by atoms with Crippen LogP contribution in [0.15, 0.2) is 30.5 Å². The highest BCUT2D eigenvalue weighted by molar-refractivity contribution is 7.11. The van der Waals surface area contributed by atoms with Crippen molar-refractivity contribution in [2.24, 2.45) is 0 Å². The third kappa shape index (κ3) is 6.02. The van der Waals surface area contributed by atoms with Crippen LogP contribution in [-0.2, 0) is 16.9 Å². The second-order valence-electron chi connectivity index (χ2n) is 9.89. The average Bonchev–Trinajstić information content (AvgIpc) is 3.24. The predicted octanol–water partition coefficient (Wildman–Crippen LogP) is 1.87. The Morgan fingerprint density at radius 3 is 2.68 bits per heavy atom. The summed E-state index contributed by atoms with van der Waals surface area (Å²) in [6.45, 7) is 4.33. The Bertz CT molecular complexity index is 1010. The van der Waals surface area contributed by atoms with Crippen LogP contribution in [0.3, 0.4) is 0 Å². The summed E-state index contributed by atoms with van der Waals surface area (Å²) in [6.07, 6.45) is 5.19. The van der Waals surface area contributed by atoms with E-state index >= 15 is 0 Å². The summed E-state index contributed by atoms with van der Waals surface area (Å²) in [4.78, 5) is 34.4. The maximum absolute atomic E-state index is 12.3. The van der Waals surface area contributed by atoms with E-state index in [-0.39, 0.29) is 24.4 Å². The van der Waals surface area contributed by atoms with Gasteiger partial charge in [0.05, 0.1) is 17.5 Å². The molecule has 2 heterocycles. The van der Waals surface area contributed by atoms with Crippen molar-refractivity contribution in [3.05, 3.63) is 51.5 Å². The van der Waals surface area contributed by atoms with Crippen LogP contribution in [0.4, 0.5) is 0 Å². The molecule has 34 heavy (non-hydrogen) atoms. The molecule has 3 N–H and O–H groups in total. The Morgan fingerprint density at radius 1 is 1.26 bits per heavy atom. The van der Waals surface area contributed by atoms with E-state index in [4.69, 9.17) is 0 Å². The number of nitrogens with one attached hydrogen (secondary N) is 2. The largest absolute Gasteiger partial charge is 0.384 e. The van der Waals surface area contributed by atoms with Crippen molar-refractivity contribution < 1.29 is 14.7 Å². The number of likely N-dealkylation sites (tertiary alicyclic amines) is 1. The van der Waals surface area contributed by atoms with Crippen LogP contribution in [-0.4, -0.2) is 77.5 Å². The molecule has 1 saturated heterocycles. The van der Waals surface area contributed by atoms with Crippen molar-refractivity contribution in [3.8, 4) is 0 Å². The van der Waals surface area contributed by atoms with Crippen LogP contribution in [0.2, 0.25) is 0 Å². The Labute approximate surface area is 205 Å². The Hall–Kier alpha value is -2.33. The number of hydrogen-bond acceptors (Lipinski definition) is 7. The minimum Gasteiger partial charge on any atom is -0.384 e. The van der Waals surface area contributed by atoms with E-state index in [1.54, 1.807) is 23.5 Å². The molecule has 9 heteroatoms. The van der Waals surface area contributed by atoms with Gasteiger partial charge >= 0.3 is 0 Å². The number of hydrogen-bond donors (Lipinski definition) is 3. The van der Waals surface area contributed by atoms with Crippen molar-refractivity contribution in [2.75, 3.05) is 33.7 Å². The number of amides is 2. The van der Waals surface area contributed by atoms with Gasteiger partial charge in [0.25, 0.3) is 5.91 Å². The first-order valence-corrected chi connectivity index (χ1v) is 12.7. The van der Waals surface area contributed by atoms with E-state index < -0.39 is 5.60 Å². The van der Waals surface area contributed by atoms with Gasteiger partial charge in [0, 0.05) is 37.4 Å². The summed E-state index contributed by atoms with van der Waals surface area (Å²) in [5, 5.41) is 17.9. The van der Waals surface area contributed by atoms with Crippen LogP contribution >= 0.6 is 11.3 Å². The van der Waals surface area contributed by atoms with Crippen molar-refractivity contribution in [1.82, 2.24) is 25.4 Å². The molecule has 2 aliphatic rings. The van der Waals surface area contributed by atoms with Gasteiger partial charge in [-0.2, -0.15) is 0 Å². The molecule has 0 spiro atoms. The van der Waals surface area contributed by atoms with E-state index in [2.05, 4.69) is 25.4 Å². The average molecular weight is 486 g/mol. The summed E-state index contributed by atoms with van der Waals surface area (Å²) < 4.78 is 0. The number of aromatic nitrogens is 1. The molecule has 1 aliphatic heterocycles. The zero-order valence-electron chi connectivity index (χ0n) is 20.2. The SMILES string of the molecule is Cc1cccc(C(=O)NCC(=O)NC2CN([C@H]3CC[C@@](O)(c4cnc(CN(C)C)s4)CC3)C2)c1. The van der Waals surface area contributed by atoms with E-state index in [1.165, 1.54) is 0 Å². The first-order valence-electron chi connectivity index (χ1n) is 11.9. The highest BCUT2D eigenvalue weighted by Gasteiger charge is 2.41. The molecule has 0 unspecified atom stereocenters. The molecule has 2 amide bonds. The molecule has 0 atom stereocenters. The lowest BCUT2D eigenvalue weighted by molar-refractivity contribution is -0.122. The van der Waals surface area contributed by atoms with E-state index in [0.717, 1.165) is 60.8 Å². The predicted molar refractivity (Wildman–Crippen MR) is 133 cm³/mol.